The highest BCUT2D eigenvalue weighted by Gasteiger charge is 2.13. The van der Waals surface area contributed by atoms with E-state index >= 15 is 0 Å². The first-order valence-electron chi connectivity index (χ1n) is 7.64. The Bertz CT molecular complexity index is 723. The van der Waals surface area contributed by atoms with Crippen LogP contribution in [-0.2, 0) is 16.1 Å². The maximum Gasteiger partial charge on any atom is 0.338 e. The minimum absolute atomic E-state index is 0.303. The molecule has 2 aromatic rings. The number of hydrogen-bond acceptors (Lipinski definition) is 4. The highest BCUT2D eigenvalue weighted by Crippen LogP contribution is 2.14. The van der Waals surface area contributed by atoms with Crippen LogP contribution in [0.25, 0.3) is 0 Å². The quantitative estimate of drug-likeness (QED) is 0.829. The molecule has 0 aliphatic heterocycles. The number of esters is 1. The fourth-order valence-electron chi connectivity index (χ4n) is 2.18. The van der Waals surface area contributed by atoms with E-state index in [1.807, 2.05) is 44.2 Å². The molecule has 0 aliphatic carbocycles. The summed E-state index contributed by atoms with van der Waals surface area (Å²) in [6.45, 7) is 3.84. The molecule has 5 nitrogen and oxygen atoms in total. The van der Waals surface area contributed by atoms with Gasteiger partial charge in [-0.2, -0.15) is 0 Å². The van der Waals surface area contributed by atoms with Crippen LogP contribution in [0.5, 0.6) is 5.75 Å². The molecule has 0 fully saturated rings. The summed E-state index contributed by atoms with van der Waals surface area (Å²) < 4.78 is 10.2. The first kappa shape index (κ1) is 17.5. The SMILES string of the molecule is COc1ccc(CNC(=O)COC(=O)c2cccc(C)c2C)cc1. The third kappa shape index (κ3) is 4.59. The summed E-state index contributed by atoms with van der Waals surface area (Å²) in [7, 11) is 1.60. The molecule has 0 radical (unpaired) electrons. The molecule has 1 N–H and O–H groups in total. The number of benzene rings is 2. The number of carbonyl (C=O) groups excluding carboxylic acids is 2. The Morgan fingerprint density at radius 3 is 2.42 bits per heavy atom. The maximum absolute atomic E-state index is 12.1. The van der Waals surface area contributed by atoms with Crippen LogP contribution in [0.3, 0.4) is 0 Å². The number of ether oxygens (including phenoxy) is 2. The number of nitrogens with one attached hydrogen (secondary N) is 1. The lowest BCUT2D eigenvalue weighted by atomic mass is 10.0. The number of amides is 1. The zero-order valence-corrected chi connectivity index (χ0v) is 14.1. The van der Waals surface area contributed by atoms with Crippen molar-refractivity contribution in [2.24, 2.45) is 0 Å². The Labute approximate surface area is 141 Å². The maximum atomic E-state index is 12.1. The highest BCUT2D eigenvalue weighted by molar-refractivity contribution is 5.93. The van der Waals surface area contributed by atoms with Crippen LogP contribution in [0.1, 0.15) is 27.0 Å². The van der Waals surface area contributed by atoms with Crippen molar-refractivity contribution in [3.05, 3.63) is 64.7 Å². The van der Waals surface area contributed by atoms with Crippen LogP contribution in [0.4, 0.5) is 0 Å². The van der Waals surface area contributed by atoms with Crippen LogP contribution in [-0.4, -0.2) is 25.6 Å². The second kappa shape index (κ2) is 8.15. The molecule has 0 aromatic heterocycles. The smallest absolute Gasteiger partial charge is 0.338 e. The third-order valence-electron chi connectivity index (χ3n) is 3.81. The van der Waals surface area contributed by atoms with Gasteiger partial charge < -0.3 is 14.8 Å². The van der Waals surface area contributed by atoms with Crippen molar-refractivity contribution in [3.8, 4) is 5.75 Å². The summed E-state index contributed by atoms with van der Waals surface area (Å²) in [5.74, 6) is -0.0761. The molecule has 0 spiro atoms. The van der Waals surface area contributed by atoms with Crippen molar-refractivity contribution in [3.63, 3.8) is 0 Å². The largest absolute Gasteiger partial charge is 0.497 e. The third-order valence-corrected chi connectivity index (χ3v) is 3.81. The predicted molar refractivity (Wildman–Crippen MR) is 91.0 cm³/mol. The molecular weight excluding hydrogens is 306 g/mol. The van der Waals surface area contributed by atoms with Gasteiger partial charge in [0.25, 0.3) is 5.91 Å². The fourth-order valence-corrected chi connectivity index (χ4v) is 2.18. The van der Waals surface area contributed by atoms with E-state index < -0.39 is 5.97 Å². The monoisotopic (exact) mass is 327 g/mol. The molecule has 0 saturated carbocycles. The lowest BCUT2D eigenvalue weighted by Crippen LogP contribution is -2.28. The Morgan fingerprint density at radius 2 is 1.75 bits per heavy atom. The van der Waals surface area contributed by atoms with E-state index in [1.165, 1.54) is 0 Å². The molecule has 126 valence electrons. The van der Waals surface area contributed by atoms with Crippen LogP contribution in [0, 0.1) is 13.8 Å². The first-order valence-corrected chi connectivity index (χ1v) is 7.64. The highest BCUT2D eigenvalue weighted by atomic mass is 16.5. The van der Waals surface area contributed by atoms with E-state index in [9.17, 15) is 9.59 Å². The van der Waals surface area contributed by atoms with Crippen molar-refractivity contribution in [2.75, 3.05) is 13.7 Å². The van der Waals surface area contributed by atoms with Gasteiger partial charge in [0.05, 0.1) is 12.7 Å². The minimum atomic E-state index is -0.490. The van der Waals surface area contributed by atoms with Crippen molar-refractivity contribution in [1.82, 2.24) is 5.32 Å². The van der Waals surface area contributed by atoms with Gasteiger partial charge in [0.15, 0.2) is 6.61 Å². The summed E-state index contributed by atoms with van der Waals surface area (Å²) in [5, 5.41) is 2.71. The molecule has 0 aliphatic rings. The molecule has 1 amide bonds. The zero-order valence-electron chi connectivity index (χ0n) is 14.1. The minimum Gasteiger partial charge on any atom is -0.497 e. The van der Waals surface area contributed by atoms with Crippen LogP contribution >= 0.6 is 0 Å². The molecule has 2 aromatic carbocycles. The predicted octanol–water partition coefficient (Wildman–Crippen LogP) is 2.79. The molecule has 2 rings (SSSR count). The number of rotatable bonds is 6. The first-order chi connectivity index (χ1) is 11.5. The van der Waals surface area contributed by atoms with Gasteiger partial charge in [0.1, 0.15) is 5.75 Å². The van der Waals surface area contributed by atoms with Gasteiger partial charge in [-0.25, -0.2) is 4.79 Å². The zero-order chi connectivity index (χ0) is 17.5. The van der Waals surface area contributed by atoms with Crippen molar-refractivity contribution >= 4 is 11.9 Å². The van der Waals surface area contributed by atoms with Crippen molar-refractivity contribution in [1.29, 1.82) is 0 Å². The van der Waals surface area contributed by atoms with Gasteiger partial charge in [-0.3, -0.25) is 4.79 Å². The van der Waals surface area contributed by atoms with E-state index in [2.05, 4.69) is 5.32 Å². The Morgan fingerprint density at radius 1 is 1.04 bits per heavy atom. The van der Waals surface area contributed by atoms with Gasteiger partial charge in [0.2, 0.25) is 0 Å². The lowest BCUT2D eigenvalue weighted by molar-refractivity contribution is -0.124. The van der Waals surface area contributed by atoms with Crippen LogP contribution < -0.4 is 10.1 Å². The number of methoxy groups -OCH3 is 1. The standard InChI is InChI=1S/C19H21NO4/c1-13-5-4-6-17(14(13)2)19(22)24-12-18(21)20-11-15-7-9-16(23-3)10-8-15/h4-10H,11-12H2,1-3H3,(H,20,21). The molecule has 0 atom stereocenters. The fraction of sp³-hybridized carbons (Fsp3) is 0.263. The Balaban J connectivity index is 1.82. The van der Waals surface area contributed by atoms with Gasteiger partial charge in [-0.05, 0) is 48.7 Å². The number of carbonyl (C=O) groups is 2. The van der Waals surface area contributed by atoms with Crippen LogP contribution in [0.15, 0.2) is 42.5 Å². The normalized spacial score (nSPS) is 10.1. The Hall–Kier alpha value is -2.82. The van der Waals surface area contributed by atoms with Gasteiger partial charge in [-0.15, -0.1) is 0 Å². The molecule has 5 heteroatoms. The van der Waals surface area contributed by atoms with E-state index in [4.69, 9.17) is 9.47 Å². The van der Waals surface area contributed by atoms with E-state index in [1.54, 1.807) is 19.2 Å². The summed E-state index contributed by atoms with van der Waals surface area (Å²) in [6, 6.07) is 12.8. The average Bonchev–Trinajstić information content (AvgIpc) is 2.60. The van der Waals surface area contributed by atoms with Crippen molar-refractivity contribution < 1.29 is 19.1 Å². The molecule has 0 unspecified atom stereocenters. The van der Waals surface area contributed by atoms with Crippen molar-refractivity contribution in [2.45, 2.75) is 20.4 Å². The summed E-state index contributed by atoms with van der Waals surface area (Å²) in [5.41, 5.74) is 3.29. The number of aryl methyl sites for hydroxylation is 1. The Kier molecular flexibility index (Phi) is 5.95. The second-order valence-corrected chi connectivity index (χ2v) is 5.45. The van der Waals surface area contributed by atoms with Gasteiger partial charge >= 0.3 is 5.97 Å². The van der Waals surface area contributed by atoms with Gasteiger partial charge in [0, 0.05) is 6.54 Å². The molecule has 24 heavy (non-hydrogen) atoms. The lowest BCUT2D eigenvalue weighted by Gasteiger charge is -2.09. The summed E-state index contributed by atoms with van der Waals surface area (Å²) in [6.07, 6.45) is 0. The van der Waals surface area contributed by atoms with E-state index in [0.29, 0.717) is 12.1 Å². The second-order valence-electron chi connectivity index (χ2n) is 5.45. The molecule has 0 saturated heterocycles. The molecule has 0 heterocycles. The van der Waals surface area contributed by atoms with Gasteiger partial charge in [-0.1, -0.05) is 24.3 Å². The number of hydrogen-bond donors (Lipinski definition) is 1. The van der Waals surface area contributed by atoms with E-state index in [0.717, 1.165) is 22.4 Å². The van der Waals surface area contributed by atoms with E-state index in [-0.39, 0.29) is 12.5 Å². The topological polar surface area (TPSA) is 64.6 Å². The molecule has 0 bridgehead atoms. The summed E-state index contributed by atoms with van der Waals surface area (Å²) >= 11 is 0. The van der Waals surface area contributed by atoms with Crippen LogP contribution in [0.2, 0.25) is 0 Å². The average molecular weight is 327 g/mol. The summed E-state index contributed by atoms with van der Waals surface area (Å²) in [4.78, 5) is 23.9. The molecular formula is C19H21NO4.